The fourth-order valence-electron chi connectivity index (χ4n) is 3.11. The van der Waals surface area contributed by atoms with Crippen LogP contribution < -0.4 is 4.74 Å². The highest BCUT2D eigenvalue weighted by Crippen LogP contribution is 2.31. The van der Waals surface area contributed by atoms with Gasteiger partial charge in [0.25, 0.3) is 0 Å². The number of nitrogens with zero attached hydrogens (tertiary/aromatic N) is 2. The molecule has 3 heteroatoms. The molecule has 2 aromatic carbocycles. The van der Waals surface area contributed by atoms with E-state index in [1.54, 1.807) is 0 Å². The molecule has 0 aliphatic heterocycles. The number of hydrogen-bond donors (Lipinski definition) is 0. The normalized spacial score (nSPS) is 11.2. The Morgan fingerprint density at radius 2 is 1.68 bits per heavy atom. The van der Waals surface area contributed by atoms with Crippen LogP contribution in [0.15, 0.2) is 54.6 Å². The van der Waals surface area contributed by atoms with E-state index in [4.69, 9.17) is 9.72 Å². The lowest BCUT2D eigenvalue weighted by molar-refractivity contribution is 0.218. The van der Waals surface area contributed by atoms with Crippen LogP contribution >= 0.6 is 0 Å². The third-order valence-corrected chi connectivity index (χ3v) is 4.67. The summed E-state index contributed by atoms with van der Waals surface area (Å²) < 4.78 is 6.00. The first kappa shape index (κ1) is 17.4. The molecule has 0 spiro atoms. The number of aryl methyl sites for hydroxylation is 1. The highest BCUT2D eigenvalue weighted by atomic mass is 16.5. The summed E-state index contributed by atoms with van der Waals surface area (Å²) in [5.74, 6) is 0.698. The maximum atomic E-state index is 6.00. The summed E-state index contributed by atoms with van der Waals surface area (Å²) in [6.45, 7) is 10.1. The highest BCUT2D eigenvalue weighted by Gasteiger charge is 2.11. The van der Waals surface area contributed by atoms with Gasteiger partial charge in [-0.15, -0.1) is 0 Å². The maximum absolute atomic E-state index is 6.00. The number of hydrogen-bond acceptors (Lipinski definition) is 3. The molecule has 0 saturated heterocycles. The van der Waals surface area contributed by atoms with E-state index in [-0.39, 0.29) is 0 Å². The molecule has 0 radical (unpaired) electrons. The summed E-state index contributed by atoms with van der Waals surface area (Å²) >= 11 is 0. The van der Waals surface area contributed by atoms with Crippen LogP contribution in [0.4, 0.5) is 0 Å². The maximum Gasteiger partial charge on any atom is 0.214 e. The quantitative estimate of drug-likeness (QED) is 0.612. The predicted molar refractivity (Wildman–Crippen MR) is 105 cm³/mol. The van der Waals surface area contributed by atoms with E-state index < -0.39 is 0 Å². The smallest absolute Gasteiger partial charge is 0.214 e. The molecule has 0 amide bonds. The first-order valence-corrected chi connectivity index (χ1v) is 9.03. The molecular weight excluding hydrogens is 308 g/mol. The number of likely N-dealkylation sites (N-methyl/N-ethyl adjacent to an activating group) is 1. The molecule has 1 heterocycles. The Morgan fingerprint density at radius 3 is 2.44 bits per heavy atom. The van der Waals surface area contributed by atoms with Gasteiger partial charge in [0.2, 0.25) is 5.88 Å². The van der Waals surface area contributed by atoms with Gasteiger partial charge in [-0.3, -0.25) is 0 Å². The number of fused-ring (bicyclic) bond motifs is 1. The summed E-state index contributed by atoms with van der Waals surface area (Å²) in [6.07, 6.45) is 0. The first-order chi connectivity index (χ1) is 12.2. The number of pyridine rings is 1. The van der Waals surface area contributed by atoms with Gasteiger partial charge in [0.15, 0.2) is 0 Å². The van der Waals surface area contributed by atoms with Crippen LogP contribution in [-0.4, -0.2) is 36.1 Å². The van der Waals surface area contributed by atoms with Crippen molar-refractivity contribution in [1.82, 2.24) is 9.88 Å². The average Bonchev–Trinajstić information content (AvgIpc) is 2.65. The molecule has 0 bridgehead atoms. The Hall–Kier alpha value is -2.39. The van der Waals surface area contributed by atoms with Crippen LogP contribution in [-0.2, 0) is 0 Å². The molecule has 25 heavy (non-hydrogen) atoms. The molecule has 0 fully saturated rings. The van der Waals surface area contributed by atoms with Crippen molar-refractivity contribution in [3.05, 3.63) is 60.2 Å². The number of aromatic nitrogens is 1. The Balaban J connectivity index is 1.94. The van der Waals surface area contributed by atoms with E-state index in [0.717, 1.165) is 41.7 Å². The Kier molecular flexibility index (Phi) is 5.67. The molecule has 3 nitrogen and oxygen atoms in total. The summed E-state index contributed by atoms with van der Waals surface area (Å²) in [7, 11) is 0. The van der Waals surface area contributed by atoms with Crippen molar-refractivity contribution in [3.8, 4) is 17.1 Å². The van der Waals surface area contributed by atoms with E-state index in [1.807, 2.05) is 6.07 Å². The number of ether oxygens (including phenoxy) is 1. The SMILES string of the molecule is CCN(CC)CCOc1cc2ccccc2c(-c2ccccc2C)n1. The second-order valence-electron chi connectivity index (χ2n) is 6.22. The van der Waals surface area contributed by atoms with Crippen LogP contribution in [0.2, 0.25) is 0 Å². The monoisotopic (exact) mass is 334 g/mol. The fraction of sp³-hybridized carbons (Fsp3) is 0.318. The van der Waals surface area contributed by atoms with Gasteiger partial charge in [-0.2, -0.15) is 0 Å². The lowest BCUT2D eigenvalue weighted by Gasteiger charge is -2.18. The molecular formula is C22H26N2O. The van der Waals surface area contributed by atoms with Gasteiger partial charge < -0.3 is 9.64 Å². The fourth-order valence-corrected chi connectivity index (χ4v) is 3.11. The largest absolute Gasteiger partial charge is 0.476 e. The summed E-state index contributed by atoms with van der Waals surface area (Å²) in [5.41, 5.74) is 3.38. The second-order valence-corrected chi connectivity index (χ2v) is 6.22. The van der Waals surface area contributed by atoms with Gasteiger partial charge in [0.05, 0.1) is 5.69 Å². The van der Waals surface area contributed by atoms with E-state index >= 15 is 0 Å². The summed E-state index contributed by atoms with van der Waals surface area (Å²) in [5, 5.41) is 2.32. The van der Waals surface area contributed by atoms with Crippen molar-refractivity contribution >= 4 is 10.8 Å². The zero-order valence-corrected chi connectivity index (χ0v) is 15.3. The molecule has 0 atom stereocenters. The summed E-state index contributed by atoms with van der Waals surface area (Å²) in [6, 6.07) is 18.8. The van der Waals surface area contributed by atoms with Crippen LogP contribution in [0.3, 0.4) is 0 Å². The van der Waals surface area contributed by atoms with E-state index in [0.29, 0.717) is 12.5 Å². The van der Waals surface area contributed by atoms with Crippen LogP contribution in [0.25, 0.3) is 22.0 Å². The molecule has 3 rings (SSSR count). The van der Waals surface area contributed by atoms with Crippen molar-refractivity contribution in [2.45, 2.75) is 20.8 Å². The molecule has 0 aliphatic carbocycles. The van der Waals surface area contributed by atoms with Crippen molar-refractivity contribution in [1.29, 1.82) is 0 Å². The van der Waals surface area contributed by atoms with Gasteiger partial charge in [0, 0.05) is 23.6 Å². The number of rotatable bonds is 7. The van der Waals surface area contributed by atoms with Gasteiger partial charge >= 0.3 is 0 Å². The van der Waals surface area contributed by atoms with Crippen molar-refractivity contribution in [3.63, 3.8) is 0 Å². The van der Waals surface area contributed by atoms with Crippen molar-refractivity contribution in [2.75, 3.05) is 26.2 Å². The van der Waals surface area contributed by atoms with Gasteiger partial charge in [-0.05, 0) is 31.0 Å². The van der Waals surface area contributed by atoms with Gasteiger partial charge in [0.1, 0.15) is 6.61 Å². The molecule has 0 saturated carbocycles. The van der Waals surface area contributed by atoms with E-state index in [1.165, 1.54) is 5.56 Å². The van der Waals surface area contributed by atoms with Crippen molar-refractivity contribution < 1.29 is 4.74 Å². The molecule has 1 aromatic heterocycles. The Morgan fingerprint density at radius 1 is 0.960 bits per heavy atom. The summed E-state index contributed by atoms with van der Waals surface area (Å²) in [4.78, 5) is 7.19. The zero-order valence-electron chi connectivity index (χ0n) is 15.3. The standard InChI is InChI=1S/C22H26N2O/c1-4-24(5-2)14-15-25-21-16-18-11-7-9-13-20(18)22(23-21)19-12-8-6-10-17(19)3/h6-13,16H,4-5,14-15H2,1-3H3. The third kappa shape index (κ3) is 3.99. The van der Waals surface area contributed by atoms with Gasteiger partial charge in [-0.25, -0.2) is 4.98 Å². The zero-order chi connectivity index (χ0) is 17.6. The molecule has 3 aromatic rings. The predicted octanol–water partition coefficient (Wildman–Crippen LogP) is 4.93. The minimum absolute atomic E-state index is 0.653. The topological polar surface area (TPSA) is 25.4 Å². The highest BCUT2D eigenvalue weighted by molar-refractivity contribution is 5.95. The minimum atomic E-state index is 0.653. The van der Waals surface area contributed by atoms with E-state index in [2.05, 4.69) is 74.2 Å². The first-order valence-electron chi connectivity index (χ1n) is 9.03. The minimum Gasteiger partial charge on any atom is -0.476 e. The Labute approximate surface area is 150 Å². The lowest BCUT2D eigenvalue weighted by atomic mass is 10.0. The Bertz CT molecular complexity index is 840. The molecule has 0 aliphatic rings. The van der Waals surface area contributed by atoms with Crippen LogP contribution in [0.1, 0.15) is 19.4 Å². The van der Waals surface area contributed by atoms with Crippen LogP contribution in [0.5, 0.6) is 5.88 Å². The van der Waals surface area contributed by atoms with Crippen LogP contribution in [0, 0.1) is 6.92 Å². The number of benzene rings is 2. The second kappa shape index (κ2) is 8.13. The molecule has 0 N–H and O–H groups in total. The molecule has 0 unspecified atom stereocenters. The van der Waals surface area contributed by atoms with Crippen molar-refractivity contribution in [2.24, 2.45) is 0 Å². The van der Waals surface area contributed by atoms with Gasteiger partial charge in [-0.1, -0.05) is 62.4 Å². The third-order valence-electron chi connectivity index (χ3n) is 4.67. The lowest BCUT2D eigenvalue weighted by Crippen LogP contribution is -2.28. The average molecular weight is 334 g/mol. The van der Waals surface area contributed by atoms with E-state index in [9.17, 15) is 0 Å². The molecule has 130 valence electrons.